The highest BCUT2D eigenvalue weighted by atomic mass is 14.5. The van der Waals surface area contributed by atoms with Crippen molar-refractivity contribution in [1.29, 1.82) is 0 Å². The molecule has 5 atom stereocenters. The summed E-state index contributed by atoms with van der Waals surface area (Å²) in [6.45, 7) is 7.35. The van der Waals surface area contributed by atoms with E-state index in [-0.39, 0.29) is 0 Å². The highest BCUT2D eigenvalue weighted by Gasteiger charge is 2.41. The van der Waals surface area contributed by atoms with Crippen molar-refractivity contribution in [3.05, 3.63) is 0 Å². The van der Waals surface area contributed by atoms with E-state index in [0.717, 1.165) is 29.6 Å². The van der Waals surface area contributed by atoms with Gasteiger partial charge in [0.25, 0.3) is 0 Å². The first-order valence-electron chi connectivity index (χ1n) is 10.3. The Bertz CT molecular complexity index is 269. The molecular weight excluding hydrogens is 252 g/mol. The maximum absolute atomic E-state index is 2.53. The molecule has 2 aliphatic rings. The van der Waals surface area contributed by atoms with Crippen LogP contribution in [0.5, 0.6) is 0 Å². The minimum atomic E-state index is 1.02. The van der Waals surface area contributed by atoms with Gasteiger partial charge in [-0.2, -0.15) is 0 Å². The van der Waals surface area contributed by atoms with E-state index in [1.807, 2.05) is 0 Å². The fourth-order valence-corrected chi connectivity index (χ4v) is 5.59. The average Bonchev–Trinajstić information content (AvgIpc) is 2.48. The van der Waals surface area contributed by atoms with Crippen molar-refractivity contribution >= 4 is 0 Å². The van der Waals surface area contributed by atoms with Crippen molar-refractivity contribution in [2.45, 2.75) is 104 Å². The highest BCUT2D eigenvalue weighted by Crippen LogP contribution is 2.49. The minimum Gasteiger partial charge on any atom is -0.0654 e. The van der Waals surface area contributed by atoms with Gasteiger partial charge in [0.15, 0.2) is 0 Å². The molecule has 2 aliphatic carbocycles. The lowest BCUT2D eigenvalue weighted by Gasteiger charge is -2.48. The van der Waals surface area contributed by atoms with Crippen LogP contribution in [0.15, 0.2) is 0 Å². The molecule has 0 heterocycles. The lowest BCUT2D eigenvalue weighted by molar-refractivity contribution is 0.0153. The molecule has 0 aromatic carbocycles. The van der Waals surface area contributed by atoms with Gasteiger partial charge >= 0.3 is 0 Å². The van der Waals surface area contributed by atoms with Crippen molar-refractivity contribution in [2.24, 2.45) is 29.6 Å². The van der Waals surface area contributed by atoms with Gasteiger partial charge in [-0.05, 0) is 36.0 Å². The molecule has 0 amide bonds. The van der Waals surface area contributed by atoms with Crippen LogP contribution in [-0.2, 0) is 0 Å². The average molecular weight is 293 g/mol. The first kappa shape index (κ1) is 17.4. The van der Waals surface area contributed by atoms with Gasteiger partial charge in [0.1, 0.15) is 0 Å². The van der Waals surface area contributed by atoms with Gasteiger partial charge in [-0.25, -0.2) is 0 Å². The van der Waals surface area contributed by atoms with E-state index in [1.165, 1.54) is 70.6 Å². The zero-order valence-corrected chi connectivity index (χ0v) is 15.1. The summed E-state index contributed by atoms with van der Waals surface area (Å²) in [5.74, 6) is 5.30. The molecule has 0 aliphatic heterocycles. The Morgan fingerprint density at radius 1 is 0.810 bits per heavy atom. The largest absolute Gasteiger partial charge is 0.0654 e. The number of hydrogen-bond acceptors (Lipinski definition) is 0. The van der Waals surface area contributed by atoms with Crippen molar-refractivity contribution in [3.63, 3.8) is 0 Å². The van der Waals surface area contributed by atoms with Crippen LogP contribution in [0, 0.1) is 29.6 Å². The van der Waals surface area contributed by atoms with E-state index in [1.54, 1.807) is 12.8 Å². The number of hydrogen-bond donors (Lipinski definition) is 0. The molecule has 0 N–H and O–H groups in total. The molecule has 0 saturated heterocycles. The van der Waals surface area contributed by atoms with Gasteiger partial charge in [-0.1, -0.05) is 97.8 Å². The predicted molar refractivity (Wildman–Crippen MR) is 94.5 cm³/mol. The zero-order valence-electron chi connectivity index (χ0n) is 15.1. The molecule has 0 nitrogen and oxygen atoms in total. The van der Waals surface area contributed by atoms with Crippen molar-refractivity contribution in [3.8, 4) is 0 Å². The molecule has 0 radical (unpaired) electrons. The van der Waals surface area contributed by atoms with Crippen LogP contribution in [0.1, 0.15) is 104 Å². The van der Waals surface area contributed by atoms with Gasteiger partial charge in [0, 0.05) is 0 Å². The summed E-state index contributed by atoms with van der Waals surface area (Å²) in [7, 11) is 0. The molecule has 0 heteroatoms. The highest BCUT2D eigenvalue weighted by molar-refractivity contribution is 4.90. The van der Waals surface area contributed by atoms with Crippen LogP contribution in [0.25, 0.3) is 0 Å². The molecule has 124 valence electrons. The van der Waals surface area contributed by atoms with Gasteiger partial charge < -0.3 is 0 Å². The second-order valence-corrected chi connectivity index (χ2v) is 8.30. The fourth-order valence-electron chi connectivity index (χ4n) is 5.59. The smallest absolute Gasteiger partial charge is 0.0332 e. The third-order valence-corrected chi connectivity index (χ3v) is 6.77. The topological polar surface area (TPSA) is 0 Å². The standard InChI is InChI=1S/C21H40/c1-4-11-18-12-8-6-7-9-14-19(5-2)21-17(3)16-20(21)15-10-13-18/h17-21H,4-16H2,1-3H3. The third-order valence-electron chi connectivity index (χ3n) is 6.77. The maximum Gasteiger partial charge on any atom is -0.0332 e. The SMILES string of the molecule is CCCC1CCCCCCC(CC)C2C(C)CC2CCC1. The number of rotatable bonds is 3. The lowest BCUT2D eigenvalue weighted by atomic mass is 9.57. The van der Waals surface area contributed by atoms with Gasteiger partial charge in [0.05, 0.1) is 0 Å². The molecule has 21 heavy (non-hydrogen) atoms. The van der Waals surface area contributed by atoms with Crippen LogP contribution in [-0.4, -0.2) is 0 Å². The summed E-state index contributed by atoms with van der Waals surface area (Å²) >= 11 is 0. The summed E-state index contributed by atoms with van der Waals surface area (Å²) < 4.78 is 0. The van der Waals surface area contributed by atoms with Crippen molar-refractivity contribution in [2.75, 3.05) is 0 Å². The predicted octanol–water partition coefficient (Wildman–Crippen LogP) is 7.23. The Hall–Kier alpha value is 0. The zero-order chi connectivity index (χ0) is 15.1. The molecule has 5 unspecified atom stereocenters. The van der Waals surface area contributed by atoms with E-state index in [4.69, 9.17) is 0 Å². The van der Waals surface area contributed by atoms with E-state index in [9.17, 15) is 0 Å². The lowest BCUT2D eigenvalue weighted by Crippen LogP contribution is -2.40. The maximum atomic E-state index is 2.53. The van der Waals surface area contributed by atoms with Crippen LogP contribution in [0.4, 0.5) is 0 Å². The quantitative estimate of drug-likeness (QED) is 0.515. The molecule has 0 aromatic heterocycles. The molecule has 2 fully saturated rings. The summed E-state index contributed by atoms with van der Waals surface area (Å²) in [6.07, 6.45) is 19.5. The Morgan fingerprint density at radius 2 is 1.52 bits per heavy atom. The minimum absolute atomic E-state index is 1.02. The number of fused-ring (bicyclic) bond motifs is 1. The van der Waals surface area contributed by atoms with Crippen LogP contribution in [0.2, 0.25) is 0 Å². The van der Waals surface area contributed by atoms with Crippen LogP contribution >= 0.6 is 0 Å². The molecule has 0 spiro atoms. The van der Waals surface area contributed by atoms with Crippen molar-refractivity contribution in [1.82, 2.24) is 0 Å². The summed E-state index contributed by atoms with van der Waals surface area (Å²) in [5.41, 5.74) is 0. The third kappa shape index (κ3) is 5.00. The normalized spacial score (nSPS) is 39.3. The Morgan fingerprint density at radius 3 is 2.19 bits per heavy atom. The molecule has 2 rings (SSSR count). The summed E-state index contributed by atoms with van der Waals surface area (Å²) in [4.78, 5) is 0. The Kier molecular flexibility index (Phi) is 7.61. The molecular formula is C21H40. The van der Waals surface area contributed by atoms with E-state index >= 15 is 0 Å². The van der Waals surface area contributed by atoms with Crippen LogP contribution < -0.4 is 0 Å². The molecule has 0 aromatic rings. The monoisotopic (exact) mass is 292 g/mol. The van der Waals surface area contributed by atoms with Gasteiger partial charge in [-0.3, -0.25) is 0 Å². The fraction of sp³-hybridized carbons (Fsp3) is 1.00. The van der Waals surface area contributed by atoms with Gasteiger partial charge in [0.2, 0.25) is 0 Å². The van der Waals surface area contributed by atoms with Crippen LogP contribution in [0.3, 0.4) is 0 Å². The summed E-state index contributed by atoms with van der Waals surface area (Å²) in [6, 6.07) is 0. The van der Waals surface area contributed by atoms with E-state index in [0.29, 0.717) is 0 Å². The van der Waals surface area contributed by atoms with E-state index in [2.05, 4.69) is 20.8 Å². The Labute approximate surface area is 134 Å². The van der Waals surface area contributed by atoms with E-state index < -0.39 is 0 Å². The summed E-state index contributed by atoms with van der Waals surface area (Å²) in [5, 5.41) is 0. The first-order valence-corrected chi connectivity index (χ1v) is 10.3. The first-order chi connectivity index (χ1) is 10.3. The van der Waals surface area contributed by atoms with Crippen molar-refractivity contribution < 1.29 is 0 Å². The Balaban J connectivity index is 1.90. The van der Waals surface area contributed by atoms with Gasteiger partial charge in [-0.15, -0.1) is 0 Å². The molecule has 2 saturated carbocycles. The molecule has 0 bridgehead atoms. The second-order valence-electron chi connectivity index (χ2n) is 8.30. The second kappa shape index (κ2) is 9.21.